The quantitative estimate of drug-likeness (QED) is 0.358. The van der Waals surface area contributed by atoms with Crippen LogP contribution in [0.2, 0.25) is 0 Å². The van der Waals surface area contributed by atoms with Crippen LogP contribution >= 0.6 is 0 Å². The zero-order chi connectivity index (χ0) is 25.4. The Hall–Kier alpha value is -4.27. The van der Waals surface area contributed by atoms with Gasteiger partial charge in [0.1, 0.15) is 11.6 Å². The molecule has 0 radical (unpaired) electrons. The summed E-state index contributed by atoms with van der Waals surface area (Å²) in [6.07, 6.45) is 11.2. The van der Waals surface area contributed by atoms with Gasteiger partial charge in [-0.1, -0.05) is 30.3 Å². The summed E-state index contributed by atoms with van der Waals surface area (Å²) in [6, 6.07) is 12.3. The van der Waals surface area contributed by atoms with E-state index in [1.165, 1.54) is 5.56 Å². The number of carbonyl (C=O) groups excluding carboxylic acids is 1. The third kappa shape index (κ3) is 4.52. The second-order valence-corrected chi connectivity index (χ2v) is 9.75. The fourth-order valence-corrected chi connectivity index (χ4v) is 5.27. The summed E-state index contributed by atoms with van der Waals surface area (Å²) in [7, 11) is 0. The Balaban J connectivity index is 1.13. The molecule has 0 atom stereocenters. The van der Waals surface area contributed by atoms with E-state index in [1.807, 2.05) is 55.7 Å². The van der Waals surface area contributed by atoms with Crippen molar-refractivity contribution in [2.75, 3.05) is 13.1 Å². The third-order valence-corrected chi connectivity index (χ3v) is 7.28. The number of amides is 1. The molecule has 1 aromatic carbocycles. The van der Waals surface area contributed by atoms with Crippen molar-refractivity contribution < 1.29 is 4.79 Å². The van der Waals surface area contributed by atoms with Crippen molar-refractivity contribution in [3.63, 3.8) is 0 Å². The highest BCUT2D eigenvalue weighted by Crippen LogP contribution is 2.28. The molecule has 4 aromatic heterocycles. The first-order chi connectivity index (χ1) is 18.1. The average Bonchev–Trinajstić information content (AvgIpc) is 3.65. The minimum atomic E-state index is 0.0183. The van der Waals surface area contributed by atoms with Gasteiger partial charge in [0.2, 0.25) is 0 Å². The highest BCUT2D eigenvalue weighted by molar-refractivity contribution is 5.95. The van der Waals surface area contributed by atoms with Crippen LogP contribution in [0.25, 0.3) is 5.65 Å². The van der Waals surface area contributed by atoms with Crippen LogP contribution in [0.15, 0.2) is 67.4 Å². The number of likely N-dealkylation sites (tertiary alicyclic amines) is 1. The predicted octanol–water partition coefficient (Wildman–Crippen LogP) is 3.86. The van der Waals surface area contributed by atoms with Crippen LogP contribution in [0, 0.1) is 13.8 Å². The summed E-state index contributed by atoms with van der Waals surface area (Å²) in [5.41, 5.74) is 4.34. The molecule has 5 heterocycles. The van der Waals surface area contributed by atoms with E-state index in [2.05, 4.69) is 48.5 Å². The Morgan fingerprint density at radius 2 is 1.70 bits per heavy atom. The molecule has 0 N–H and O–H groups in total. The van der Waals surface area contributed by atoms with Crippen molar-refractivity contribution >= 4 is 11.6 Å². The maximum Gasteiger partial charge on any atom is 0.257 e. The monoisotopic (exact) mass is 494 g/mol. The molecule has 0 spiro atoms. The minimum Gasteiger partial charge on any atom is -0.338 e. The number of benzene rings is 1. The largest absolute Gasteiger partial charge is 0.338 e. The summed E-state index contributed by atoms with van der Waals surface area (Å²) in [4.78, 5) is 29.1. The van der Waals surface area contributed by atoms with Gasteiger partial charge in [-0.2, -0.15) is 5.10 Å². The second kappa shape index (κ2) is 9.65. The van der Waals surface area contributed by atoms with Gasteiger partial charge < -0.3 is 14.0 Å². The van der Waals surface area contributed by atoms with Crippen LogP contribution in [-0.4, -0.2) is 57.6 Å². The summed E-state index contributed by atoms with van der Waals surface area (Å²) >= 11 is 0. The maximum absolute atomic E-state index is 13.3. The zero-order valence-electron chi connectivity index (χ0n) is 21.2. The molecule has 6 rings (SSSR count). The minimum absolute atomic E-state index is 0.0183. The Bertz CT molecular complexity index is 1540. The van der Waals surface area contributed by atoms with Crippen molar-refractivity contribution in [3.8, 4) is 0 Å². The third-order valence-electron chi connectivity index (χ3n) is 7.28. The predicted molar refractivity (Wildman–Crippen MR) is 139 cm³/mol. The van der Waals surface area contributed by atoms with E-state index in [0.29, 0.717) is 31.1 Å². The van der Waals surface area contributed by atoms with E-state index in [-0.39, 0.29) is 5.91 Å². The SMILES string of the molecule is Cc1cc2ncc(C(=O)N3CCC(c4nccn4Cc4nccn4Cc4ccccc4)CC3)c(C)n2n1. The van der Waals surface area contributed by atoms with E-state index in [1.54, 1.807) is 10.7 Å². The van der Waals surface area contributed by atoms with Gasteiger partial charge in [0.25, 0.3) is 5.91 Å². The van der Waals surface area contributed by atoms with Gasteiger partial charge in [0, 0.05) is 62.6 Å². The molecule has 5 aromatic rings. The average molecular weight is 495 g/mol. The van der Waals surface area contributed by atoms with E-state index < -0.39 is 0 Å². The normalized spacial score (nSPS) is 14.5. The molecule has 9 heteroatoms. The number of rotatable bonds is 6. The number of fused-ring (bicyclic) bond motifs is 1. The standard InChI is InChI=1S/C28H30N8O/c1-20-16-25-31-17-24(21(2)36(25)32-20)28(37)33-12-8-23(9-13-33)27-30-11-15-35(27)19-26-29-10-14-34(26)18-22-6-4-3-5-7-22/h3-7,10-11,14-17,23H,8-9,12-13,18-19H2,1-2H3. The topological polar surface area (TPSA) is 86.1 Å². The molecule has 1 amide bonds. The summed E-state index contributed by atoms with van der Waals surface area (Å²) in [6.45, 7) is 6.70. The van der Waals surface area contributed by atoms with Crippen molar-refractivity contribution in [2.45, 2.75) is 45.7 Å². The molecule has 1 aliphatic rings. The smallest absolute Gasteiger partial charge is 0.257 e. The fourth-order valence-electron chi connectivity index (χ4n) is 5.27. The maximum atomic E-state index is 13.3. The van der Waals surface area contributed by atoms with Crippen LogP contribution in [-0.2, 0) is 13.1 Å². The Morgan fingerprint density at radius 3 is 2.51 bits per heavy atom. The van der Waals surface area contributed by atoms with Gasteiger partial charge in [-0.05, 0) is 32.3 Å². The lowest BCUT2D eigenvalue weighted by Crippen LogP contribution is -2.39. The first-order valence-electron chi connectivity index (χ1n) is 12.7. The van der Waals surface area contributed by atoms with Crippen LogP contribution in [0.5, 0.6) is 0 Å². The number of piperidine rings is 1. The summed E-state index contributed by atoms with van der Waals surface area (Å²) < 4.78 is 6.15. The zero-order valence-corrected chi connectivity index (χ0v) is 21.2. The molecule has 1 fully saturated rings. The van der Waals surface area contributed by atoms with Crippen LogP contribution in [0.4, 0.5) is 0 Å². The highest BCUT2D eigenvalue weighted by atomic mass is 16.2. The molecule has 1 aliphatic heterocycles. The lowest BCUT2D eigenvalue weighted by atomic mass is 9.95. The molecular weight excluding hydrogens is 464 g/mol. The Morgan fingerprint density at radius 1 is 0.946 bits per heavy atom. The number of hydrogen-bond donors (Lipinski definition) is 0. The van der Waals surface area contributed by atoms with Crippen molar-refractivity contribution in [1.82, 2.24) is 38.6 Å². The van der Waals surface area contributed by atoms with Crippen LogP contribution in [0.3, 0.4) is 0 Å². The van der Waals surface area contributed by atoms with Gasteiger partial charge in [-0.25, -0.2) is 19.5 Å². The number of aromatic nitrogens is 7. The van der Waals surface area contributed by atoms with Gasteiger partial charge in [-0.15, -0.1) is 0 Å². The molecular formula is C28H30N8O. The van der Waals surface area contributed by atoms with Crippen molar-refractivity contribution in [2.24, 2.45) is 0 Å². The number of imidazole rings is 2. The number of hydrogen-bond acceptors (Lipinski definition) is 5. The lowest BCUT2D eigenvalue weighted by molar-refractivity contribution is 0.0708. The number of carbonyl (C=O) groups is 1. The first-order valence-corrected chi connectivity index (χ1v) is 12.7. The lowest BCUT2D eigenvalue weighted by Gasteiger charge is -2.32. The molecule has 0 saturated carbocycles. The molecule has 0 bridgehead atoms. The van der Waals surface area contributed by atoms with E-state index in [9.17, 15) is 4.79 Å². The number of aryl methyl sites for hydroxylation is 2. The van der Waals surface area contributed by atoms with E-state index in [4.69, 9.17) is 4.98 Å². The molecule has 1 saturated heterocycles. The highest BCUT2D eigenvalue weighted by Gasteiger charge is 2.28. The van der Waals surface area contributed by atoms with E-state index >= 15 is 0 Å². The first kappa shape index (κ1) is 23.1. The molecule has 188 valence electrons. The van der Waals surface area contributed by atoms with Crippen LogP contribution in [0.1, 0.15) is 57.7 Å². The summed E-state index contributed by atoms with van der Waals surface area (Å²) in [5, 5.41) is 4.48. The number of nitrogens with zero attached hydrogens (tertiary/aromatic N) is 8. The second-order valence-electron chi connectivity index (χ2n) is 9.75. The van der Waals surface area contributed by atoms with Crippen LogP contribution < -0.4 is 0 Å². The molecule has 9 nitrogen and oxygen atoms in total. The molecule has 0 unspecified atom stereocenters. The Labute approximate surface area is 215 Å². The van der Waals surface area contributed by atoms with E-state index in [0.717, 1.165) is 48.1 Å². The van der Waals surface area contributed by atoms with Gasteiger partial charge in [-0.3, -0.25) is 4.79 Å². The van der Waals surface area contributed by atoms with Crippen molar-refractivity contribution in [1.29, 1.82) is 0 Å². The molecule has 0 aliphatic carbocycles. The summed E-state index contributed by atoms with van der Waals surface area (Å²) in [5.74, 6) is 2.38. The van der Waals surface area contributed by atoms with Gasteiger partial charge in [0.15, 0.2) is 5.65 Å². The van der Waals surface area contributed by atoms with Gasteiger partial charge >= 0.3 is 0 Å². The fraction of sp³-hybridized carbons (Fsp3) is 0.321. The molecule has 37 heavy (non-hydrogen) atoms. The Kier molecular flexibility index (Phi) is 6.04. The van der Waals surface area contributed by atoms with Gasteiger partial charge in [0.05, 0.1) is 23.5 Å². The van der Waals surface area contributed by atoms with Crippen molar-refractivity contribution in [3.05, 3.63) is 102 Å².